The first-order chi connectivity index (χ1) is 15.1. The third-order valence-corrected chi connectivity index (χ3v) is 5.07. The highest BCUT2D eigenvalue weighted by atomic mass is 16.5. The van der Waals surface area contributed by atoms with E-state index in [1.807, 2.05) is 60.7 Å². The molecule has 3 rings (SSSR count). The first kappa shape index (κ1) is 22.1. The number of methoxy groups -OCH3 is 2. The van der Waals surface area contributed by atoms with Crippen molar-refractivity contribution >= 4 is 11.8 Å². The van der Waals surface area contributed by atoms with E-state index in [1.165, 1.54) is 7.11 Å². The van der Waals surface area contributed by atoms with Crippen LogP contribution in [0.2, 0.25) is 0 Å². The largest absolute Gasteiger partial charge is 0.497 e. The Hall–Kier alpha value is -3.60. The van der Waals surface area contributed by atoms with Gasteiger partial charge in [0.15, 0.2) is 5.78 Å². The van der Waals surface area contributed by atoms with Gasteiger partial charge in [0.1, 0.15) is 18.1 Å². The predicted molar refractivity (Wildman–Crippen MR) is 119 cm³/mol. The van der Waals surface area contributed by atoms with Crippen molar-refractivity contribution in [2.24, 2.45) is 0 Å². The van der Waals surface area contributed by atoms with E-state index in [4.69, 9.17) is 14.2 Å². The van der Waals surface area contributed by atoms with Gasteiger partial charge >= 0.3 is 5.97 Å². The van der Waals surface area contributed by atoms with Crippen LogP contribution < -0.4 is 9.47 Å². The molecule has 0 aliphatic rings. The van der Waals surface area contributed by atoms with Gasteiger partial charge in [0.25, 0.3) is 0 Å². The molecule has 0 spiro atoms. The number of benzene rings is 3. The zero-order valence-corrected chi connectivity index (χ0v) is 17.7. The molecule has 1 unspecified atom stereocenters. The number of rotatable bonds is 10. The first-order valence-electron chi connectivity index (χ1n) is 10.1. The molecule has 5 nitrogen and oxygen atoms in total. The summed E-state index contributed by atoms with van der Waals surface area (Å²) in [6.07, 6.45) is 0.510. The zero-order valence-electron chi connectivity index (χ0n) is 17.7. The van der Waals surface area contributed by atoms with Gasteiger partial charge in [0, 0.05) is 17.9 Å². The highest BCUT2D eigenvalue weighted by Gasteiger charge is 2.24. The Morgan fingerprint density at radius 3 is 2.26 bits per heavy atom. The van der Waals surface area contributed by atoms with Gasteiger partial charge in [-0.2, -0.15) is 0 Å². The molecule has 1 atom stereocenters. The van der Waals surface area contributed by atoms with Crippen LogP contribution in [0.5, 0.6) is 11.5 Å². The lowest BCUT2D eigenvalue weighted by atomic mass is 9.87. The fourth-order valence-electron chi connectivity index (χ4n) is 3.33. The van der Waals surface area contributed by atoms with Gasteiger partial charge in [-0.1, -0.05) is 54.6 Å². The summed E-state index contributed by atoms with van der Waals surface area (Å²) in [6, 6.07) is 24.3. The molecule has 0 radical (unpaired) electrons. The van der Waals surface area contributed by atoms with E-state index in [2.05, 4.69) is 0 Å². The molecule has 3 aromatic rings. The number of esters is 1. The summed E-state index contributed by atoms with van der Waals surface area (Å²) in [5.41, 5.74) is 2.41. The van der Waals surface area contributed by atoms with Crippen molar-refractivity contribution in [3.8, 4) is 11.5 Å². The van der Waals surface area contributed by atoms with Gasteiger partial charge in [0.05, 0.1) is 14.2 Å². The lowest BCUT2D eigenvalue weighted by molar-refractivity contribution is -0.140. The first-order valence-corrected chi connectivity index (χ1v) is 10.1. The standard InChI is InChI=1S/C26H26O5/c1-29-22-13-11-20(12-14-22)24(15-16-25(27)30-2)26(28)21-9-6-10-23(17-21)31-18-19-7-4-3-5-8-19/h3-14,17,24H,15-16,18H2,1-2H3. The summed E-state index contributed by atoms with van der Waals surface area (Å²) in [5, 5.41) is 0. The Balaban J connectivity index is 1.79. The van der Waals surface area contributed by atoms with E-state index in [0.29, 0.717) is 30.1 Å². The highest BCUT2D eigenvalue weighted by Crippen LogP contribution is 2.29. The molecule has 0 heterocycles. The Bertz CT molecular complexity index is 996. The molecular formula is C26H26O5. The zero-order chi connectivity index (χ0) is 22.1. The van der Waals surface area contributed by atoms with E-state index < -0.39 is 5.92 Å². The Morgan fingerprint density at radius 2 is 1.58 bits per heavy atom. The van der Waals surface area contributed by atoms with Gasteiger partial charge in [-0.15, -0.1) is 0 Å². The lowest BCUT2D eigenvalue weighted by Gasteiger charge is -2.17. The van der Waals surface area contributed by atoms with Gasteiger partial charge in [-0.05, 0) is 41.8 Å². The van der Waals surface area contributed by atoms with Crippen LogP contribution in [-0.2, 0) is 16.1 Å². The monoisotopic (exact) mass is 418 g/mol. The summed E-state index contributed by atoms with van der Waals surface area (Å²) in [5.74, 6) is 0.440. The maximum absolute atomic E-state index is 13.4. The number of Topliss-reactive ketones (excluding diaryl/α,β-unsaturated/α-hetero) is 1. The van der Waals surface area contributed by atoms with Crippen LogP contribution in [0, 0.1) is 0 Å². The van der Waals surface area contributed by atoms with Crippen molar-refractivity contribution in [1.29, 1.82) is 0 Å². The molecule has 0 aliphatic heterocycles. The van der Waals surface area contributed by atoms with Crippen molar-refractivity contribution in [2.75, 3.05) is 14.2 Å². The average Bonchev–Trinajstić information content (AvgIpc) is 2.83. The number of carbonyl (C=O) groups excluding carboxylic acids is 2. The average molecular weight is 418 g/mol. The van der Waals surface area contributed by atoms with Crippen molar-refractivity contribution in [3.63, 3.8) is 0 Å². The van der Waals surface area contributed by atoms with Crippen LogP contribution >= 0.6 is 0 Å². The van der Waals surface area contributed by atoms with Crippen molar-refractivity contribution < 1.29 is 23.8 Å². The number of ketones is 1. The van der Waals surface area contributed by atoms with Gasteiger partial charge in [0.2, 0.25) is 0 Å². The molecule has 0 fully saturated rings. The molecule has 3 aromatic carbocycles. The van der Waals surface area contributed by atoms with Gasteiger partial charge in [-0.3, -0.25) is 9.59 Å². The van der Waals surface area contributed by atoms with Gasteiger partial charge in [-0.25, -0.2) is 0 Å². The van der Waals surface area contributed by atoms with Crippen LogP contribution in [0.3, 0.4) is 0 Å². The number of ether oxygens (including phenoxy) is 3. The molecule has 0 saturated carbocycles. The molecular weight excluding hydrogens is 392 g/mol. The predicted octanol–water partition coefficient (Wildman–Crippen LogP) is 5.19. The maximum atomic E-state index is 13.4. The summed E-state index contributed by atoms with van der Waals surface area (Å²) >= 11 is 0. The van der Waals surface area contributed by atoms with Crippen LogP contribution in [0.1, 0.15) is 40.2 Å². The fraction of sp³-hybridized carbons (Fsp3) is 0.231. The molecule has 0 aliphatic carbocycles. The Labute approximate surface area is 182 Å². The maximum Gasteiger partial charge on any atom is 0.305 e. The second kappa shape index (κ2) is 11.0. The summed E-state index contributed by atoms with van der Waals surface area (Å²) < 4.78 is 15.8. The minimum Gasteiger partial charge on any atom is -0.497 e. The van der Waals surface area contributed by atoms with Crippen molar-refractivity contribution in [1.82, 2.24) is 0 Å². The van der Waals surface area contributed by atoms with Gasteiger partial charge < -0.3 is 14.2 Å². The number of carbonyl (C=O) groups is 2. The third kappa shape index (κ3) is 6.19. The summed E-state index contributed by atoms with van der Waals surface area (Å²) in [4.78, 5) is 25.1. The van der Waals surface area contributed by atoms with Crippen molar-refractivity contribution in [2.45, 2.75) is 25.4 Å². The van der Waals surface area contributed by atoms with E-state index >= 15 is 0 Å². The Morgan fingerprint density at radius 1 is 0.839 bits per heavy atom. The normalized spacial score (nSPS) is 11.4. The molecule has 160 valence electrons. The second-order valence-electron chi connectivity index (χ2n) is 7.11. The Kier molecular flexibility index (Phi) is 7.82. The highest BCUT2D eigenvalue weighted by molar-refractivity contribution is 6.01. The smallest absolute Gasteiger partial charge is 0.305 e. The number of hydrogen-bond donors (Lipinski definition) is 0. The fourth-order valence-corrected chi connectivity index (χ4v) is 3.33. The topological polar surface area (TPSA) is 61.8 Å². The number of hydrogen-bond acceptors (Lipinski definition) is 5. The quantitative estimate of drug-likeness (QED) is 0.335. The van der Waals surface area contributed by atoms with E-state index in [9.17, 15) is 9.59 Å². The third-order valence-electron chi connectivity index (χ3n) is 5.07. The minimum atomic E-state index is -0.477. The molecule has 0 aromatic heterocycles. The SMILES string of the molecule is COC(=O)CCC(C(=O)c1cccc(OCc2ccccc2)c1)c1ccc(OC)cc1. The molecule has 0 N–H and O–H groups in total. The molecule has 5 heteroatoms. The molecule has 0 amide bonds. The van der Waals surface area contributed by atoms with Crippen LogP contribution in [0.15, 0.2) is 78.9 Å². The van der Waals surface area contributed by atoms with Crippen molar-refractivity contribution in [3.05, 3.63) is 95.6 Å². The molecule has 0 bridgehead atoms. The second-order valence-corrected chi connectivity index (χ2v) is 7.11. The van der Waals surface area contributed by atoms with E-state index in [1.54, 1.807) is 25.3 Å². The molecule has 0 saturated heterocycles. The molecule has 31 heavy (non-hydrogen) atoms. The minimum absolute atomic E-state index is 0.0702. The van der Waals surface area contributed by atoms with E-state index in [-0.39, 0.29) is 18.2 Å². The summed E-state index contributed by atoms with van der Waals surface area (Å²) in [7, 11) is 2.94. The van der Waals surface area contributed by atoms with Crippen LogP contribution in [-0.4, -0.2) is 26.0 Å². The lowest BCUT2D eigenvalue weighted by Crippen LogP contribution is -2.15. The van der Waals surface area contributed by atoms with E-state index in [0.717, 1.165) is 11.1 Å². The van der Waals surface area contributed by atoms with Crippen LogP contribution in [0.25, 0.3) is 0 Å². The van der Waals surface area contributed by atoms with Crippen LogP contribution in [0.4, 0.5) is 0 Å². The summed E-state index contributed by atoms with van der Waals surface area (Å²) in [6.45, 7) is 0.419.